The number of benzene rings is 1. The van der Waals surface area contributed by atoms with Gasteiger partial charge in [-0.2, -0.15) is 0 Å². The van der Waals surface area contributed by atoms with Crippen LogP contribution in [-0.4, -0.2) is 53.3 Å². The smallest absolute Gasteiger partial charge is 0.242 e. The normalized spacial score (nSPS) is 17.5. The summed E-state index contributed by atoms with van der Waals surface area (Å²) in [6.07, 6.45) is 1.53. The molecule has 1 saturated heterocycles. The second-order valence-corrected chi connectivity index (χ2v) is 6.61. The van der Waals surface area contributed by atoms with E-state index >= 15 is 0 Å². The van der Waals surface area contributed by atoms with Crippen LogP contribution < -0.4 is 5.73 Å². The van der Waals surface area contributed by atoms with Crippen molar-refractivity contribution in [3.05, 3.63) is 35.6 Å². The first kappa shape index (κ1) is 18.4. The van der Waals surface area contributed by atoms with E-state index in [1.807, 2.05) is 6.92 Å². The predicted molar refractivity (Wildman–Crippen MR) is 90.8 cm³/mol. The van der Waals surface area contributed by atoms with Gasteiger partial charge in [0.05, 0.1) is 12.0 Å². The van der Waals surface area contributed by atoms with Crippen LogP contribution in [-0.2, 0) is 16.0 Å². The molecular weight excluding hydrogens is 309 g/mol. The van der Waals surface area contributed by atoms with Crippen molar-refractivity contribution < 1.29 is 14.0 Å². The zero-order valence-electron chi connectivity index (χ0n) is 14.4. The van der Waals surface area contributed by atoms with E-state index in [0.717, 1.165) is 6.42 Å². The highest BCUT2D eigenvalue weighted by atomic mass is 19.1. The minimum atomic E-state index is -0.853. The Kier molecular flexibility index (Phi) is 5.94. The van der Waals surface area contributed by atoms with Crippen LogP contribution in [0.15, 0.2) is 24.3 Å². The van der Waals surface area contributed by atoms with Gasteiger partial charge in [0.1, 0.15) is 5.82 Å². The van der Waals surface area contributed by atoms with Gasteiger partial charge in [-0.3, -0.25) is 9.59 Å². The molecule has 6 heteroatoms. The monoisotopic (exact) mass is 335 g/mol. The molecule has 1 atom stereocenters. The van der Waals surface area contributed by atoms with E-state index in [1.54, 1.807) is 34.9 Å². The maximum atomic E-state index is 13.7. The first-order valence-corrected chi connectivity index (χ1v) is 8.44. The molecule has 132 valence electrons. The zero-order valence-corrected chi connectivity index (χ0v) is 14.4. The van der Waals surface area contributed by atoms with E-state index in [-0.39, 0.29) is 24.1 Å². The summed E-state index contributed by atoms with van der Waals surface area (Å²) in [5.41, 5.74) is 5.65. The van der Waals surface area contributed by atoms with Gasteiger partial charge < -0.3 is 15.5 Å². The first-order chi connectivity index (χ1) is 11.3. The fraction of sp³-hybridized carbons (Fsp3) is 0.556. The Morgan fingerprint density at radius 3 is 2.33 bits per heavy atom. The minimum Gasteiger partial charge on any atom is -0.339 e. The molecule has 1 heterocycles. The lowest BCUT2D eigenvalue weighted by molar-refractivity contribution is -0.142. The molecule has 2 rings (SSSR count). The lowest BCUT2D eigenvalue weighted by atomic mass is 9.95. The number of piperazine rings is 1. The molecule has 1 aliphatic heterocycles. The Morgan fingerprint density at radius 1 is 1.17 bits per heavy atom. The number of hydrogen-bond donors (Lipinski definition) is 1. The van der Waals surface area contributed by atoms with Crippen molar-refractivity contribution in [2.24, 2.45) is 5.73 Å². The van der Waals surface area contributed by atoms with Gasteiger partial charge in [-0.25, -0.2) is 4.39 Å². The molecule has 2 amide bonds. The van der Waals surface area contributed by atoms with E-state index in [9.17, 15) is 14.0 Å². The average Bonchev–Trinajstić information content (AvgIpc) is 2.56. The third-order valence-corrected chi connectivity index (χ3v) is 4.48. The molecule has 1 unspecified atom stereocenters. The SMILES string of the molecule is CCCC(C)(N)C(=O)N1CCN(C(=O)Cc2ccccc2F)CC1. The average molecular weight is 335 g/mol. The molecule has 0 radical (unpaired) electrons. The van der Waals surface area contributed by atoms with Crippen molar-refractivity contribution in [3.63, 3.8) is 0 Å². The molecular formula is C18H26FN3O2. The summed E-state index contributed by atoms with van der Waals surface area (Å²) in [5.74, 6) is -0.542. The minimum absolute atomic E-state index is 0.0467. The quantitative estimate of drug-likeness (QED) is 0.888. The van der Waals surface area contributed by atoms with Crippen molar-refractivity contribution in [1.29, 1.82) is 0 Å². The second-order valence-electron chi connectivity index (χ2n) is 6.61. The number of halogens is 1. The lowest BCUT2D eigenvalue weighted by Crippen LogP contribution is -2.58. The van der Waals surface area contributed by atoms with Gasteiger partial charge in [-0.1, -0.05) is 31.5 Å². The Bertz CT molecular complexity index is 596. The third kappa shape index (κ3) is 4.32. The van der Waals surface area contributed by atoms with Crippen LogP contribution >= 0.6 is 0 Å². The number of amides is 2. The Labute approximate surface area is 142 Å². The van der Waals surface area contributed by atoms with Crippen molar-refractivity contribution in [3.8, 4) is 0 Å². The number of nitrogens with two attached hydrogens (primary N) is 1. The van der Waals surface area contributed by atoms with E-state index in [4.69, 9.17) is 5.73 Å². The van der Waals surface area contributed by atoms with E-state index in [0.29, 0.717) is 38.2 Å². The van der Waals surface area contributed by atoms with Crippen LogP contribution in [0.1, 0.15) is 32.3 Å². The summed E-state index contributed by atoms with van der Waals surface area (Å²) in [6.45, 7) is 5.62. The zero-order chi connectivity index (χ0) is 17.7. The van der Waals surface area contributed by atoms with Gasteiger partial charge in [0.15, 0.2) is 0 Å². The highest BCUT2D eigenvalue weighted by Gasteiger charge is 2.34. The number of rotatable bonds is 5. The largest absolute Gasteiger partial charge is 0.339 e. The molecule has 1 aliphatic rings. The molecule has 1 fully saturated rings. The summed E-state index contributed by atoms with van der Waals surface area (Å²) in [7, 11) is 0. The fourth-order valence-corrected chi connectivity index (χ4v) is 3.06. The molecule has 1 aromatic rings. The van der Waals surface area contributed by atoms with Gasteiger partial charge in [0.25, 0.3) is 0 Å². The summed E-state index contributed by atoms with van der Waals surface area (Å²) >= 11 is 0. The van der Waals surface area contributed by atoms with Gasteiger partial charge in [0, 0.05) is 26.2 Å². The Hall–Kier alpha value is -1.95. The summed E-state index contributed by atoms with van der Waals surface area (Å²) in [4.78, 5) is 28.2. The predicted octanol–water partition coefficient (Wildman–Crippen LogP) is 1.56. The van der Waals surface area contributed by atoms with Crippen LogP contribution in [0.5, 0.6) is 0 Å². The lowest BCUT2D eigenvalue weighted by Gasteiger charge is -2.38. The number of hydrogen-bond acceptors (Lipinski definition) is 3. The van der Waals surface area contributed by atoms with Crippen LogP contribution in [0.25, 0.3) is 0 Å². The first-order valence-electron chi connectivity index (χ1n) is 8.44. The third-order valence-electron chi connectivity index (χ3n) is 4.48. The van der Waals surface area contributed by atoms with Crippen LogP contribution in [0.3, 0.4) is 0 Å². The molecule has 0 bridgehead atoms. The Morgan fingerprint density at radius 2 is 1.75 bits per heavy atom. The molecule has 0 saturated carbocycles. The Balaban J connectivity index is 1.89. The number of carbonyl (C=O) groups is 2. The standard InChI is InChI=1S/C18H26FN3O2/c1-3-8-18(2,20)17(24)22-11-9-21(10-12-22)16(23)13-14-6-4-5-7-15(14)19/h4-7H,3,8-13,20H2,1-2H3. The maximum absolute atomic E-state index is 13.7. The summed E-state index contributed by atoms with van der Waals surface area (Å²) in [6, 6.07) is 6.30. The van der Waals surface area contributed by atoms with Gasteiger partial charge in [-0.05, 0) is 25.0 Å². The van der Waals surface area contributed by atoms with Crippen molar-refractivity contribution in [2.75, 3.05) is 26.2 Å². The van der Waals surface area contributed by atoms with Gasteiger partial charge >= 0.3 is 0 Å². The molecule has 0 spiro atoms. The highest BCUT2D eigenvalue weighted by Crippen LogP contribution is 2.16. The van der Waals surface area contributed by atoms with Crippen LogP contribution in [0.2, 0.25) is 0 Å². The van der Waals surface area contributed by atoms with E-state index < -0.39 is 5.54 Å². The maximum Gasteiger partial charge on any atom is 0.242 e. The highest BCUT2D eigenvalue weighted by molar-refractivity contribution is 5.86. The molecule has 0 aliphatic carbocycles. The fourth-order valence-electron chi connectivity index (χ4n) is 3.06. The van der Waals surface area contributed by atoms with Gasteiger partial charge in [-0.15, -0.1) is 0 Å². The van der Waals surface area contributed by atoms with Crippen LogP contribution in [0, 0.1) is 5.82 Å². The van der Waals surface area contributed by atoms with E-state index in [2.05, 4.69) is 0 Å². The van der Waals surface area contributed by atoms with Crippen molar-refractivity contribution in [1.82, 2.24) is 9.80 Å². The molecule has 0 aromatic heterocycles. The summed E-state index contributed by atoms with van der Waals surface area (Å²) < 4.78 is 13.7. The van der Waals surface area contributed by atoms with Crippen molar-refractivity contribution in [2.45, 2.75) is 38.6 Å². The van der Waals surface area contributed by atoms with Gasteiger partial charge in [0.2, 0.25) is 11.8 Å². The molecule has 1 aromatic carbocycles. The second kappa shape index (κ2) is 7.75. The molecule has 5 nitrogen and oxygen atoms in total. The number of carbonyl (C=O) groups excluding carboxylic acids is 2. The number of nitrogens with zero attached hydrogens (tertiary/aromatic N) is 2. The van der Waals surface area contributed by atoms with Crippen LogP contribution in [0.4, 0.5) is 4.39 Å². The molecule has 24 heavy (non-hydrogen) atoms. The summed E-state index contributed by atoms with van der Waals surface area (Å²) in [5, 5.41) is 0. The molecule has 2 N–H and O–H groups in total. The topological polar surface area (TPSA) is 66.6 Å². The van der Waals surface area contributed by atoms with E-state index in [1.165, 1.54) is 6.07 Å². The van der Waals surface area contributed by atoms with Crippen molar-refractivity contribution >= 4 is 11.8 Å².